The minimum Gasteiger partial charge on any atom is -0.463 e. The molecule has 1 aliphatic heterocycles. The number of ether oxygens (including phenoxy) is 1. The zero-order chi connectivity index (χ0) is 16.7. The average Bonchev–Trinajstić information content (AvgIpc) is 2.95. The number of benzene rings is 1. The molecule has 24 heavy (non-hydrogen) atoms. The van der Waals surface area contributed by atoms with Crippen LogP contribution in [0.3, 0.4) is 0 Å². The van der Waals surface area contributed by atoms with Gasteiger partial charge in [-0.15, -0.1) is 0 Å². The van der Waals surface area contributed by atoms with Crippen molar-refractivity contribution in [3.05, 3.63) is 53.1 Å². The lowest BCUT2D eigenvalue weighted by Gasteiger charge is -2.32. The van der Waals surface area contributed by atoms with Crippen LogP contribution in [0.5, 0.6) is 0 Å². The van der Waals surface area contributed by atoms with Crippen LogP contribution in [0.4, 0.5) is 0 Å². The van der Waals surface area contributed by atoms with Gasteiger partial charge in [-0.1, -0.05) is 43.4 Å². The van der Waals surface area contributed by atoms with E-state index in [0.717, 1.165) is 24.8 Å². The predicted octanol–water partition coefficient (Wildman–Crippen LogP) is 2.99. The molecule has 1 aromatic carbocycles. The van der Waals surface area contributed by atoms with Crippen molar-refractivity contribution < 1.29 is 4.74 Å². The molecule has 1 aromatic rings. The van der Waals surface area contributed by atoms with E-state index in [0.29, 0.717) is 12.6 Å². The van der Waals surface area contributed by atoms with Gasteiger partial charge in [0.05, 0.1) is 12.0 Å². The molecule has 0 radical (unpaired) electrons. The van der Waals surface area contributed by atoms with Gasteiger partial charge in [-0.2, -0.15) is 5.26 Å². The van der Waals surface area contributed by atoms with Crippen molar-refractivity contribution in [2.24, 2.45) is 22.6 Å². The molecule has 0 saturated heterocycles. The van der Waals surface area contributed by atoms with E-state index in [1.807, 2.05) is 0 Å². The Balaban J connectivity index is 1.75. The lowest BCUT2D eigenvalue weighted by Crippen LogP contribution is -2.36. The summed E-state index contributed by atoms with van der Waals surface area (Å²) in [6.45, 7) is 2.65. The summed E-state index contributed by atoms with van der Waals surface area (Å²) in [5.41, 5.74) is 10.6. The van der Waals surface area contributed by atoms with Crippen molar-refractivity contribution in [3.63, 3.8) is 0 Å². The van der Waals surface area contributed by atoms with E-state index < -0.39 is 0 Å². The lowest BCUT2D eigenvalue weighted by atomic mass is 9.75. The Morgan fingerprint density at radius 2 is 2.29 bits per heavy atom. The number of hydrogen-bond acceptors (Lipinski definition) is 4. The van der Waals surface area contributed by atoms with Crippen molar-refractivity contribution in [3.8, 4) is 6.07 Å². The van der Waals surface area contributed by atoms with Gasteiger partial charge in [0.2, 0.25) is 0 Å². The molecular weight excluding hydrogens is 298 g/mol. The molecule has 0 fully saturated rings. The summed E-state index contributed by atoms with van der Waals surface area (Å²) in [7, 11) is 0. The maximum absolute atomic E-state index is 9.38. The predicted molar refractivity (Wildman–Crippen MR) is 94.2 cm³/mol. The highest BCUT2D eigenvalue weighted by molar-refractivity contribution is 5.79. The van der Waals surface area contributed by atoms with Crippen LogP contribution in [0.2, 0.25) is 0 Å². The molecule has 0 saturated carbocycles. The molecule has 3 aliphatic rings. The summed E-state index contributed by atoms with van der Waals surface area (Å²) in [5.74, 6) is 0.194. The van der Waals surface area contributed by atoms with Crippen LogP contribution >= 0.6 is 0 Å². The fraction of sp³-hybridized carbons (Fsp3) is 0.400. The molecular formula is C20H21N3O. The Bertz CT molecular complexity index is 815. The van der Waals surface area contributed by atoms with E-state index >= 15 is 0 Å². The molecule has 3 atom stereocenters. The Kier molecular flexibility index (Phi) is 3.45. The first-order chi connectivity index (χ1) is 11.6. The number of aryl methyl sites for hydroxylation is 1. The Morgan fingerprint density at radius 3 is 3.04 bits per heavy atom. The second-order valence-electron chi connectivity index (χ2n) is 7.08. The summed E-state index contributed by atoms with van der Waals surface area (Å²) in [6.07, 6.45) is 9.19. The van der Waals surface area contributed by atoms with Crippen molar-refractivity contribution in [2.75, 3.05) is 6.61 Å². The van der Waals surface area contributed by atoms with E-state index in [-0.39, 0.29) is 17.4 Å². The minimum absolute atomic E-state index is 0.0677. The molecule has 0 bridgehead atoms. The third-order valence-electron chi connectivity index (χ3n) is 5.44. The summed E-state index contributed by atoms with van der Waals surface area (Å²) < 4.78 is 5.45. The molecule has 0 aromatic heterocycles. The van der Waals surface area contributed by atoms with E-state index in [1.165, 1.54) is 16.7 Å². The second-order valence-corrected chi connectivity index (χ2v) is 7.08. The third kappa shape index (κ3) is 2.41. The van der Waals surface area contributed by atoms with Crippen LogP contribution in [0.1, 0.15) is 30.0 Å². The maximum atomic E-state index is 9.38. The van der Waals surface area contributed by atoms with Gasteiger partial charge in [0.15, 0.2) is 0 Å². The number of fused-ring (bicyclic) bond motifs is 1. The zero-order valence-corrected chi connectivity index (χ0v) is 13.8. The summed E-state index contributed by atoms with van der Waals surface area (Å²) in [5, 5.41) is 9.38. The maximum Gasteiger partial charge on any atom is 0.282 e. The van der Waals surface area contributed by atoms with Crippen LogP contribution < -0.4 is 5.73 Å². The lowest BCUT2D eigenvalue weighted by molar-refractivity contribution is 0.235. The molecule has 2 N–H and O–H groups in total. The van der Waals surface area contributed by atoms with Gasteiger partial charge in [0, 0.05) is 6.42 Å². The van der Waals surface area contributed by atoms with Gasteiger partial charge >= 0.3 is 0 Å². The first-order valence-electron chi connectivity index (χ1n) is 8.49. The number of nitrogens with two attached hydrogens (primary N) is 1. The molecule has 4 heteroatoms. The van der Waals surface area contributed by atoms with Gasteiger partial charge in [-0.3, -0.25) is 0 Å². The number of hydrogen-bond donors (Lipinski definition) is 1. The molecule has 4 nitrogen and oxygen atoms in total. The van der Waals surface area contributed by atoms with Crippen molar-refractivity contribution in [2.45, 2.75) is 31.7 Å². The smallest absolute Gasteiger partial charge is 0.282 e. The fourth-order valence-electron chi connectivity index (χ4n) is 3.97. The standard InChI is InChI=1S/C20H21N3O/c1-13-5-6-15(9-16(13)11-21)17-4-2-3-14-7-8-20(10-18(14)17)12-24-19(22)23-20/h2-6,9,13,16H,7-8,10,12H2,1H3,(H2,22,23). The van der Waals surface area contributed by atoms with Crippen molar-refractivity contribution >= 4 is 11.6 Å². The molecule has 4 rings (SSSR count). The van der Waals surface area contributed by atoms with Crippen LogP contribution in [0, 0.1) is 23.2 Å². The zero-order valence-electron chi connectivity index (χ0n) is 13.8. The third-order valence-corrected chi connectivity index (χ3v) is 5.44. The quantitative estimate of drug-likeness (QED) is 0.865. The second kappa shape index (κ2) is 5.52. The van der Waals surface area contributed by atoms with Crippen molar-refractivity contribution in [1.29, 1.82) is 5.26 Å². The fourth-order valence-corrected chi connectivity index (χ4v) is 3.97. The normalized spacial score (nSPS) is 31.0. The summed E-state index contributed by atoms with van der Waals surface area (Å²) in [4.78, 5) is 4.59. The minimum atomic E-state index is -0.214. The number of nitrogens with zero attached hydrogens (tertiary/aromatic N) is 2. The van der Waals surface area contributed by atoms with Crippen LogP contribution in [0.25, 0.3) is 5.57 Å². The Hall–Kier alpha value is -2.54. The number of nitriles is 1. The average molecular weight is 319 g/mol. The monoisotopic (exact) mass is 319 g/mol. The number of aliphatic imine (C=N–C) groups is 1. The van der Waals surface area contributed by atoms with Crippen LogP contribution in [0.15, 0.2) is 41.4 Å². The van der Waals surface area contributed by atoms with Gasteiger partial charge in [0.25, 0.3) is 6.02 Å². The van der Waals surface area contributed by atoms with E-state index in [1.54, 1.807) is 0 Å². The van der Waals surface area contributed by atoms with Crippen LogP contribution in [-0.4, -0.2) is 18.2 Å². The number of allylic oxidation sites excluding steroid dienone is 4. The number of rotatable bonds is 1. The topological polar surface area (TPSA) is 71.4 Å². The van der Waals surface area contributed by atoms with E-state index in [2.05, 4.69) is 54.4 Å². The van der Waals surface area contributed by atoms with Gasteiger partial charge < -0.3 is 10.5 Å². The van der Waals surface area contributed by atoms with E-state index in [9.17, 15) is 5.26 Å². The van der Waals surface area contributed by atoms with Crippen molar-refractivity contribution in [1.82, 2.24) is 0 Å². The molecule has 0 amide bonds. The molecule has 1 spiro atoms. The Morgan fingerprint density at radius 1 is 1.42 bits per heavy atom. The largest absolute Gasteiger partial charge is 0.463 e. The van der Waals surface area contributed by atoms with Gasteiger partial charge in [-0.05, 0) is 41.0 Å². The molecule has 122 valence electrons. The Labute approximate surface area is 142 Å². The van der Waals surface area contributed by atoms with Crippen LogP contribution in [-0.2, 0) is 17.6 Å². The van der Waals surface area contributed by atoms with E-state index in [4.69, 9.17) is 10.5 Å². The molecule has 1 heterocycles. The first-order valence-corrected chi connectivity index (χ1v) is 8.49. The highest BCUT2D eigenvalue weighted by Gasteiger charge is 2.40. The summed E-state index contributed by atoms with van der Waals surface area (Å²) in [6, 6.07) is 9.18. The SMILES string of the molecule is CC1C=CC(c2cccc3c2CC2(CC3)COC(N)=N2)=CC1C#N. The highest BCUT2D eigenvalue weighted by atomic mass is 16.5. The molecule has 3 unspecified atom stereocenters. The first kappa shape index (κ1) is 15.0. The highest BCUT2D eigenvalue weighted by Crippen LogP contribution is 2.39. The summed E-state index contributed by atoms with van der Waals surface area (Å²) >= 11 is 0. The van der Waals surface area contributed by atoms with Gasteiger partial charge in [0.1, 0.15) is 12.1 Å². The number of amidine groups is 1. The molecule has 2 aliphatic carbocycles. The van der Waals surface area contributed by atoms with Gasteiger partial charge in [-0.25, -0.2) is 4.99 Å².